The number of halogens is 1. The normalized spacial score (nSPS) is 18.7. The molecule has 0 saturated heterocycles. The smallest absolute Gasteiger partial charge is 0.0474 e. The van der Waals surface area contributed by atoms with Gasteiger partial charge in [0.15, 0.2) is 0 Å². The topological polar surface area (TPSA) is 29.3 Å². The molecule has 18 heavy (non-hydrogen) atoms. The van der Waals surface area contributed by atoms with E-state index < -0.39 is 0 Å². The van der Waals surface area contributed by atoms with Crippen LogP contribution < -0.4 is 10.6 Å². The van der Waals surface area contributed by atoms with Gasteiger partial charge in [-0.25, -0.2) is 0 Å². The molecule has 1 atom stereocenters. The largest absolute Gasteiger partial charge is 0.378 e. The highest BCUT2D eigenvalue weighted by Crippen LogP contribution is 2.36. The van der Waals surface area contributed by atoms with Gasteiger partial charge in [0.2, 0.25) is 0 Å². The number of hydrogen-bond donors (Lipinski definition) is 1. The van der Waals surface area contributed by atoms with E-state index in [0.717, 1.165) is 16.3 Å². The van der Waals surface area contributed by atoms with Crippen LogP contribution >= 0.6 is 11.6 Å². The molecule has 1 fully saturated rings. The Morgan fingerprint density at radius 1 is 1.22 bits per heavy atom. The van der Waals surface area contributed by atoms with E-state index in [1.54, 1.807) is 0 Å². The zero-order valence-electron chi connectivity index (χ0n) is 11.3. The van der Waals surface area contributed by atoms with Gasteiger partial charge in [0.25, 0.3) is 0 Å². The summed E-state index contributed by atoms with van der Waals surface area (Å²) in [5.74, 6) is 0.599. The molecule has 0 heterocycles. The van der Waals surface area contributed by atoms with Crippen LogP contribution in [0.15, 0.2) is 18.2 Å². The third-order valence-corrected chi connectivity index (χ3v) is 4.34. The first-order valence-electron chi connectivity index (χ1n) is 6.82. The standard InChI is InChI=1S/C15H23ClN2/c1-18(2)12-8-9-13(14(16)10-12)15(17)11-6-4-3-5-7-11/h8-11,15H,3-7,17H2,1-2H3/t15-/m0/s1. The number of nitrogens with two attached hydrogens (primary N) is 1. The molecule has 2 N–H and O–H groups in total. The highest BCUT2D eigenvalue weighted by Gasteiger charge is 2.23. The predicted molar refractivity (Wildman–Crippen MR) is 79.3 cm³/mol. The van der Waals surface area contributed by atoms with Gasteiger partial charge in [0.05, 0.1) is 0 Å². The minimum Gasteiger partial charge on any atom is -0.378 e. The molecule has 0 unspecified atom stereocenters. The molecule has 1 saturated carbocycles. The van der Waals surface area contributed by atoms with Crippen LogP contribution in [-0.4, -0.2) is 14.1 Å². The van der Waals surface area contributed by atoms with Crippen LogP contribution in [0.25, 0.3) is 0 Å². The molecule has 0 radical (unpaired) electrons. The maximum atomic E-state index is 6.40. The van der Waals surface area contributed by atoms with Gasteiger partial charge in [-0.05, 0) is 36.5 Å². The van der Waals surface area contributed by atoms with Crippen molar-refractivity contribution in [3.05, 3.63) is 28.8 Å². The molecule has 100 valence electrons. The molecule has 0 spiro atoms. The van der Waals surface area contributed by atoms with Gasteiger partial charge in [0, 0.05) is 30.8 Å². The first-order chi connectivity index (χ1) is 8.59. The van der Waals surface area contributed by atoms with Gasteiger partial charge < -0.3 is 10.6 Å². The fraction of sp³-hybridized carbons (Fsp3) is 0.600. The average molecular weight is 267 g/mol. The fourth-order valence-electron chi connectivity index (χ4n) is 2.81. The van der Waals surface area contributed by atoms with Crippen molar-refractivity contribution in [1.29, 1.82) is 0 Å². The highest BCUT2D eigenvalue weighted by atomic mass is 35.5. The Balaban J connectivity index is 2.16. The second-order valence-corrected chi connectivity index (χ2v) is 5.93. The molecule has 1 aromatic rings. The molecule has 1 aliphatic rings. The molecule has 2 rings (SSSR count). The first-order valence-corrected chi connectivity index (χ1v) is 7.19. The molecule has 0 aliphatic heterocycles. The van der Waals surface area contributed by atoms with Crippen LogP contribution in [0.3, 0.4) is 0 Å². The van der Waals surface area contributed by atoms with Crippen molar-refractivity contribution in [3.8, 4) is 0 Å². The Morgan fingerprint density at radius 2 is 1.89 bits per heavy atom. The fourth-order valence-corrected chi connectivity index (χ4v) is 3.11. The summed E-state index contributed by atoms with van der Waals surface area (Å²) >= 11 is 6.38. The molecule has 1 aromatic carbocycles. The quantitative estimate of drug-likeness (QED) is 0.896. The lowest BCUT2D eigenvalue weighted by molar-refractivity contribution is 0.308. The van der Waals surface area contributed by atoms with Crippen LogP contribution in [0.1, 0.15) is 43.7 Å². The summed E-state index contributed by atoms with van der Waals surface area (Å²) in [7, 11) is 4.04. The van der Waals surface area contributed by atoms with Crippen molar-refractivity contribution in [3.63, 3.8) is 0 Å². The van der Waals surface area contributed by atoms with Gasteiger partial charge in [-0.3, -0.25) is 0 Å². The minimum atomic E-state index is 0.0917. The van der Waals surface area contributed by atoms with Crippen LogP contribution in [0.5, 0.6) is 0 Å². The lowest BCUT2D eigenvalue weighted by Crippen LogP contribution is -2.24. The number of benzene rings is 1. The van der Waals surface area contributed by atoms with Crippen molar-refractivity contribution >= 4 is 17.3 Å². The van der Waals surface area contributed by atoms with Crippen molar-refractivity contribution in [2.45, 2.75) is 38.1 Å². The number of hydrogen-bond acceptors (Lipinski definition) is 2. The Morgan fingerprint density at radius 3 is 2.44 bits per heavy atom. The zero-order chi connectivity index (χ0) is 13.1. The highest BCUT2D eigenvalue weighted by molar-refractivity contribution is 6.31. The van der Waals surface area contributed by atoms with E-state index in [-0.39, 0.29) is 6.04 Å². The van der Waals surface area contributed by atoms with E-state index in [4.69, 9.17) is 17.3 Å². The Bertz CT molecular complexity index is 397. The number of nitrogens with zero attached hydrogens (tertiary/aromatic N) is 1. The van der Waals surface area contributed by atoms with E-state index >= 15 is 0 Å². The van der Waals surface area contributed by atoms with Gasteiger partial charge in [-0.1, -0.05) is 36.9 Å². The van der Waals surface area contributed by atoms with E-state index in [2.05, 4.69) is 17.0 Å². The SMILES string of the molecule is CN(C)c1ccc([C@@H](N)C2CCCCC2)c(Cl)c1. The molecule has 3 heteroatoms. The molecular weight excluding hydrogens is 244 g/mol. The van der Waals surface area contributed by atoms with E-state index in [0.29, 0.717) is 5.92 Å². The van der Waals surface area contributed by atoms with Crippen LogP contribution in [0.4, 0.5) is 5.69 Å². The summed E-state index contributed by atoms with van der Waals surface area (Å²) in [4.78, 5) is 2.06. The molecular formula is C15H23ClN2. The van der Waals surface area contributed by atoms with E-state index in [1.807, 2.05) is 20.2 Å². The zero-order valence-corrected chi connectivity index (χ0v) is 12.1. The minimum absolute atomic E-state index is 0.0917. The molecule has 0 bridgehead atoms. The lowest BCUT2D eigenvalue weighted by Gasteiger charge is -2.28. The maximum Gasteiger partial charge on any atom is 0.0474 e. The molecule has 1 aliphatic carbocycles. The lowest BCUT2D eigenvalue weighted by atomic mass is 9.81. The second kappa shape index (κ2) is 5.94. The summed E-state index contributed by atoms with van der Waals surface area (Å²) in [5, 5.41) is 0.805. The van der Waals surface area contributed by atoms with Crippen molar-refractivity contribution in [1.82, 2.24) is 0 Å². The van der Waals surface area contributed by atoms with Gasteiger partial charge in [-0.2, -0.15) is 0 Å². The molecule has 0 aromatic heterocycles. The Kier molecular flexibility index (Phi) is 4.52. The molecule has 0 amide bonds. The predicted octanol–water partition coefficient (Wildman–Crippen LogP) is 3.99. The van der Waals surface area contributed by atoms with Crippen molar-refractivity contribution in [2.24, 2.45) is 11.7 Å². The first kappa shape index (κ1) is 13.7. The van der Waals surface area contributed by atoms with Crippen LogP contribution in [0.2, 0.25) is 5.02 Å². The Hall–Kier alpha value is -0.730. The summed E-state index contributed by atoms with van der Waals surface area (Å²) < 4.78 is 0. The monoisotopic (exact) mass is 266 g/mol. The summed E-state index contributed by atoms with van der Waals surface area (Å²) in [6.45, 7) is 0. The second-order valence-electron chi connectivity index (χ2n) is 5.52. The number of rotatable bonds is 3. The summed E-state index contributed by atoms with van der Waals surface area (Å²) in [5.41, 5.74) is 8.63. The number of anilines is 1. The average Bonchev–Trinajstić information content (AvgIpc) is 2.38. The molecule has 2 nitrogen and oxygen atoms in total. The van der Waals surface area contributed by atoms with E-state index in [1.165, 1.54) is 32.1 Å². The van der Waals surface area contributed by atoms with Gasteiger partial charge >= 0.3 is 0 Å². The van der Waals surface area contributed by atoms with Crippen molar-refractivity contribution in [2.75, 3.05) is 19.0 Å². The van der Waals surface area contributed by atoms with Gasteiger partial charge in [-0.15, -0.1) is 0 Å². The van der Waals surface area contributed by atoms with Gasteiger partial charge in [0.1, 0.15) is 0 Å². The van der Waals surface area contributed by atoms with Crippen molar-refractivity contribution < 1.29 is 0 Å². The summed E-state index contributed by atoms with van der Waals surface area (Å²) in [6.07, 6.45) is 6.47. The maximum absolute atomic E-state index is 6.40. The van der Waals surface area contributed by atoms with Crippen LogP contribution in [0, 0.1) is 5.92 Å². The Labute approximate surface area is 115 Å². The third kappa shape index (κ3) is 2.99. The van der Waals surface area contributed by atoms with E-state index in [9.17, 15) is 0 Å². The third-order valence-electron chi connectivity index (χ3n) is 4.02. The van der Waals surface area contributed by atoms with Crippen LogP contribution in [-0.2, 0) is 0 Å². The summed E-state index contributed by atoms with van der Waals surface area (Å²) in [6, 6.07) is 6.30.